The van der Waals surface area contributed by atoms with E-state index < -0.39 is 5.91 Å². The van der Waals surface area contributed by atoms with Gasteiger partial charge < -0.3 is 10.8 Å². The zero-order valence-corrected chi connectivity index (χ0v) is 9.78. The number of rotatable bonds is 2. The molecule has 0 aliphatic rings. The molecule has 14 heavy (non-hydrogen) atoms. The average Bonchev–Trinajstić information content (AvgIpc) is 2.08. The number of carbonyl (C=O) groups excluding carboxylic acids is 1. The molecule has 1 amide bonds. The number of carbonyl (C=O) groups is 1. The summed E-state index contributed by atoms with van der Waals surface area (Å²) >= 11 is 2.03. The average molecular weight is 303 g/mol. The molecule has 1 rings (SSSR count). The number of hydrogen-bond donors (Lipinski definition) is 2. The van der Waals surface area contributed by atoms with Gasteiger partial charge in [0.1, 0.15) is 5.75 Å². The Morgan fingerprint density at radius 1 is 1.57 bits per heavy atom. The first-order chi connectivity index (χ1) is 6.50. The summed E-state index contributed by atoms with van der Waals surface area (Å²) in [6.45, 7) is 1.92. The summed E-state index contributed by atoms with van der Waals surface area (Å²) in [5.41, 5.74) is 6.59. The maximum absolute atomic E-state index is 10.5. The first-order valence-electron chi connectivity index (χ1n) is 3.97. The molecular formula is C10H10INO2. The zero-order chi connectivity index (χ0) is 10.7. The van der Waals surface area contributed by atoms with Gasteiger partial charge in [-0.3, -0.25) is 4.79 Å². The van der Waals surface area contributed by atoms with Gasteiger partial charge in [0.15, 0.2) is 0 Å². The highest BCUT2D eigenvalue weighted by Gasteiger charge is 2.03. The molecule has 1 aromatic rings. The number of hydrogen-bond acceptors (Lipinski definition) is 2. The fourth-order valence-electron chi connectivity index (χ4n) is 1.06. The molecule has 0 saturated heterocycles. The fraction of sp³-hybridized carbons (Fsp3) is 0.100. The van der Waals surface area contributed by atoms with Crippen LogP contribution in [-0.2, 0) is 4.79 Å². The number of phenols is 1. The number of aromatic hydroxyl groups is 1. The van der Waals surface area contributed by atoms with Crippen molar-refractivity contribution in [2.24, 2.45) is 5.73 Å². The Morgan fingerprint density at radius 2 is 2.21 bits per heavy atom. The van der Waals surface area contributed by atoms with Gasteiger partial charge in [0, 0.05) is 11.6 Å². The van der Waals surface area contributed by atoms with Gasteiger partial charge >= 0.3 is 0 Å². The molecule has 4 heteroatoms. The van der Waals surface area contributed by atoms with E-state index in [2.05, 4.69) is 0 Å². The summed E-state index contributed by atoms with van der Waals surface area (Å²) in [5.74, 6) is -0.352. The Hall–Kier alpha value is -1.04. The van der Waals surface area contributed by atoms with Gasteiger partial charge in [0.2, 0.25) is 5.91 Å². The van der Waals surface area contributed by atoms with E-state index >= 15 is 0 Å². The second-order valence-corrected chi connectivity index (χ2v) is 4.08. The Morgan fingerprint density at radius 3 is 2.79 bits per heavy atom. The van der Waals surface area contributed by atoms with Crippen molar-refractivity contribution >= 4 is 34.6 Å². The Labute approximate surface area is 95.8 Å². The van der Waals surface area contributed by atoms with Gasteiger partial charge in [0.25, 0.3) is 0 Å². The predicted octanol–water partition coefficient (Wildman–Crippen LogP) is 1.80. The van der Waals surface area contributed by atoms with Crippen LogP contribution in [0.1, 0.15) is 11.1 Å². The van der Waals surface area contributed by atoms with Crippen molar-refractivity contribution < 1.29 is 9.90 Å². The standard InChI is InChI=1S/C10H10INO2/c1-6-4-7(2-3-9(12)13)10(14)8(11)5-6/h2-5,14H,1H3,(H2,12,13)/b3-2+. The highest BCUT2D eigenvalue weighted by molar-refractivity contribution is 14.1. The van der Waals surface area contributed by atoms with Crippen molar-refractivity contribution in [2.75, 3.05) is 0 Å². The van der Waals surface area contributed by atoms with Crippen LogP contribution in [0.4, 0.5) is 0 Å². The van der Waals surface area contributed by atoms with Crippen LogP contribution in [0.15, 0.2) is 18.2 Å². The summed E-state index contributed by atoms with van der Waals surface area (Å²) in [4.78, 5) is 10.5. The van der Waals surface area contributed by atoms with Crippen molar-refractivity contribution in [2.45, 2.75) is 6.92 Å². The molecule has 74 valence electrons. The molecule has 3 N–H and O–H groups in total. The normalized spacial score (nSPS) is 10.7. The quantitative estimate of drug-likeness (QED) is 0.646. The van der Waals surface area contributed by atoms with E-state index in [0.717, 1.165) is 9.13 Å². The Kier molecular flexibility index (Phi) is 3.51. The molecule has 0 fully saturated rings. The minimum Gasteiger partial charge on any atom is -0.506 e. The van der Waals surface area contributed by atoms with Crippen molar-refractivity contribution in [1.82, 2.24) is 0 Å². The van der Waals surface area contributed by atoms with E-state index in [4.69, 9.17) is 5.73 Å². The van der Waals surface area contributed by atoms with Gasteiger partial charge in [-0.15, -0.1) is 0 Å². The molecule has 0 aromatic heterocycles. The summed E-state index contributed by atoms with van der Waals surface area (Å²) in [6, 6.07) is 3.65. The molecular weight excluding hydrogens is 293 g/mol. The number of aryl methyl sites for hydroxylation is 1. The van der Waals surface area contributed by atoms with E-state index in [1.165, 1.54) is 12.2 Å². The van der Waals surface area contributed by atoms with Gasteiger partial charge in [-0.1, -0.05) is 0 Å². The monoisotopic (exact) mass is 303 g/mol. The lowest BCUT2D eigenvalue weighted by atomic mass is 10.1. The molecule has 0 spiro atoms. The minimum absolute atomic E-state index is 0.175. The van der Waals surface area contributed by atoms with Crippen LogP contribution in [0.2, 0.25) is 0 Å². The summed E-state index contributed by atoms with van der Waals surface area (Å²) < 4.78 is 0.756. The molecule has 0 heterocycles. The maximum atomic E-state index is 10.5. The number of phenolic OH excluding ortho intramolecular Hbond substituents is 1. The van der Waals surface area contributed by atoms with Crippen LogP contribution in [0, 0.1) is 10.5 Å². The second-order valence-electron chi connectivity index (χ2n) is 2.92. The Balaban J connectivity index is 3.14. The number of primary amides is 1. The third kappa shape index (κ3) is 2.73. The van der Waals surface area contributed by atoms with E-state index in [1.54, 1.807) is 6.07 Å². The van der Waals surface area contributed by atoms with Crippen LogP contribution in [0.25, 0.3) is 6.08 Å². The van der Waals surface area contributed by atoms with Gasteiger partial charge in [-0.2, -0.15) is 0 Å². The SMILES string of the molecule is Cc1cc(I)c(O)c(/C=C/C(N)=O)c1. The first kappa shape index (κ1) is 11.0. The third-order valence-corrected chi connectivity index (χ3v) is 2.49. The lowest BCUT2D eigenvalue weighted by molar-refractivity contribution is -0.113. The van der Waals surface area contributed by atoms with Gasteiger partial charge in [-0.25, -0.2) is 0 Å². The van der Waals surface area contributed by atoms with Crippen LogP contribution in [-0.4, -0.2) is 11.0 Å². The lowest BCUT2D eigenvalue weighted by Gasteiger charge is -2.03. The molecule has 1 aromatic carbocycles. The highest BCUT2D eigenvalue weighted by Crippen LogP contribution is 2.26. The number of amides is 1. The molecule has 3 nitrogen and oxygen atoms in total. The van der Waals surface area contributed by atoms with Crippen LogP contribution < -0.4 is 5.73 Å². The molecule has 0 saturated carbocycles. The van der Waals surface area contributed by atoms with E-state index in [9.17, 15) is 9.90 Å². The maximum Gasteiger partial charge on any atom is 0.241 e. The molecule has 0 unspecified atom stereocenters. The largest absolute Gasteiger partial charge is 0.506 e. The summed E-state index contributed by atoms with van der Waals surface area (Å²) in [5, 5.41) is 9.62. The van der Waals surface area contributed by atoms with Crippen LogP contribution >= 0.6 is 22.6 Å². The molecule has 0 atom stereocenters. The number of halogens is 1. The van der Waals surface area contributed by atoms with Crippen molar-refractivity contribution in [1.29, 1.82) is 0 Å². The minimum atomic E-state index is -0.527. The number of benzene rings is 1. The molecule has 0 bridgehead atoms. The topological polar surface area (TPSA) is 63.3 Å². The second kappa shape index (κ2) is 4.45. The molecule has 0 aliphatic heterocycles. The van der Waals surface area contributed by atoms with Gasteiger partial charge in [-0.05, 0) is 53.3 Å². The van der Waals surface area contributed by atoms with E-state index in [1.807, 2.05) is 35.6 Å². The van der Waals surface area contributed by atoms with Gasteiger partial charge in [0.05, 0.1) is 3.57 Å². The molecule has 0 aliphatic carbocycles. The fourth-order valence-corrected chi connectivity index (χ4v) is 1.86. The highest BCUT2D eigenvalue weighted by atomic mass is 127. The van der Waals surface area contributed by atoms with E-state index in [-0.39, 0.29) is 5.75 Å². The van der Waals surface area contributed by atoms with Crippen LogP contribution in [0.3, 0.4) is 0 Å². The van der Waals surface area contributed by atoms with Crippen molar-refractivity contribution in [3.8, 4) is 5.75 Å². The van der Waals surface area contributed by atoms with Crippen molar-refractivity contribution in [3.63, 3.8) is 0 Å². The van der Waals surface area contributed by atoms with Crippen LogP contribution in [0.5, 0.6) is 5.75 Å². The zero-order valence-electron chi connectivity index (χ0n) is 7.62. The number of nitrogens with two attached hydrogens (primary N) is 1. The third-order valence-electron chi connectivity index (χ3n) is 1.66. The predicted molar refractivity (Wildman–Crippen MR) is 63.8 cm³/mol. The molecule has 0 radical (unpaired) electrons. The Bertz CT molecular complexity index is 399. The van der Waals surface area contributed by atoms with Crippen molar-refractivity contribution in [3.05, 3.63) is 32.9 Å². The summed E-state index contributed by atoms with van der Waals surface area (Å²) in [7, 11) is 0. The summed E-state index contributed by atoms with van der Waals surface area (Å²) in [6.07, 6.45) is 2.73. The first-order valence-corrected chi connectivity index (χ1v) is 5.05. The smallest absolute Gasteiger partial charge is 0.241 e. The van der Waals surface area contributed by atoms with E-state index in [0.29, 0.717) is 5.56 Å². The lowest BCUT2D eigenvalue weighted by Crippen LogP contribution is -2.05.